The van der Waals surface area contributed by atoms with Gasteiger partial charge in [0, 0.05) is 6.54 Å². The average molecular weight is 210 g/mol. The molecule has 1 unspecified atom stereocenters. The van der Waals surface area contributed by atoms with Crippen LogP contribution in [-0.4, -0.2) is 21.0 Å². The molecule has 0 saturated carbocycles. The van der Waals surface area contributed by atoms with Crippen molar-refractivity contribution in [3.05, 3.63) is 22.1 Å². The van der Waals surface area contributed by atoms with Crippen LogP contribution < -0.4 is 5.73 Å². The Hall–Kier alpha value is -1.43. The Kier molecular flexibility index (Phi) is 2.68. The lowest BCUT2D eigenvalue weighted by molar-refractivity contribution is -0.390. The SMILES string of the molecule is NCCC1CCc2c([N+](=O)[O-])ncn2C1. The minimum atomic E-state index is -0.408. The summed E-state index contributed by atoms with van der Waals surface area (Å²) in [6, 6.07) is 0. The normalized spacial score (nSPS) is 19.9. The standard InChI is InChI=1S/C9H14N4O2/c10-4-3-7-1-2-8-9(13(14)15)11-6-12(8)5-7/h6-7H,1-5,10H2. The lowest BCUT2D eigenvalue weighted by Gasteiger charge is -2.22. The van der Waals surface area contributed by atoms with Crippen LogP contribution in [0.25, 0.3) is 0 Å². The van der Waals surface area contributed by atoms with E-state index in [4.69, 9.17) is 5.73 Å². The quantitative estimate of drug-likeness (QED) is 0.587. The molecular formula is C9H14N4O2. The molecule has 6 nitrogen and oxygen atoms in total. The van der Waals surface area contributed by atoms with Gasteiger partial charge in [-0.25, -0.2) is 0 Å². The molecule has 82 valence electrons. The maximum absolute atomic E-state index is 10.7. The molecule has 1 atom stereocenters. The Morgan fingerprint density at radius 3 is 3.20 bits per heavy atom. The number of fused-ring (bicyclic) bond motifs is 1. The van der Waals surface area contributed by atoms with Crippen LogP contribution in [-0.2, 0) is 13.0 Å². The average Bonchev–Trinajstić information content (AvgIpc) is 2.61. The third-order valence-electron chi connectivity index (χ3n) is 2.92. The van der Waals surface area contributed by atoms with Gasteiger partial charge in [0.2, 0.25) is 6.33 Å². The highest BCUT2D eigenvalue weighted by Crippen LogP contribution is 2.27. The van der Waals surface area contributed by atoms with E-state index in [2.05, 4.69) is 4.98 Å². The van der Waals surface area contributed by atoms with Crippen LogP contribution in [0.4, 0.5) is 5.82 Å². The third-order valence-corrected chi connectivity index (χ3v) is 2.92. The minimum absolute atomic E-state index is 0.0150. The number of imidazole rings is 1. The number of hydrogen-bond donors (Lipinski definition) is 1. The van der Waals surface area contributed by atoms with Gasteiger partial charge in [0.25, 0.3) is 0 Å². The van der Waals surface area contributed by atoms with Crippen molar-refractivity contribution < 1.29 is 4.92 Å². The Morgan fingerprint density at radius 2 is 2.53 bits per heavy atom. The van der Waals surface area contributed by atoms with Crippen molar-refractivity contribution in [1.82, 2.24) is 9.55 Å². The Labute approximate surface area is 87.2 Å². The van der Waals surface area contributed by atoms with E-state index in [-0.39, 0.29) is 5.82 Å². The number of nitrogens with two attached hydrogens (primary N) is 1. The molecule has 0 aliphatic carbocycles. The number of hydrogen-bond acceptors (Lipinski definition) is 4. The van der Waals surface area contributed by atoms with Crippen LogP contribution in [0.1, 0.15) is 18.5 Å². The van der Waals surface area contributed by atoms with E-state index in [1.54, 1.807) is 6.33 Å². The van der Waals surface area contributed by atoms with Gasteiger partial charge in [-0.3, -0.25) is 0 Å². The molecule has 1 aromatic rings. The van der Waals surface area contributed by atoms with Crippen LogP contribution in [0, 0.1) is 16.0 Å². The fourth-order valence-corrected chi connectivity index (χ4v) is 2.14. The molecule has 2 N–H and O–H groups in total. The van der Waals surface area contributed by atoms with Gasteiger partial charge < -0.3 is 20.4 Å². The molecule has 2 heterocycles. The van der Waals surface area contributed by atoms with Crippen molar-refractivity contribution in [2.24, 2.45) is 11.7 Å². The summed E-state index contributed by atoms with van der Waals surface area (Å²) in [5, 5.41) is 10.7. The molecule has 6 heteroatoms. The molecule has 2 rings (SSSR count). The van der Waals surface area contributed by atoms with E-state index >= 15 is 0 Å². The summed E-state index contributed by atoms with van der Waals surface area (Å²) < 4.78 is 1.89. The van der Waals surface area contributed by atoms with Crippen molar-refractivity contribution in [2.75, 3.05) is 6.54 Å². The van der Waals surface area contributed by atoms with Crippen molar-refractivity contribution in [3.8, 4) is 0 Å². The topological polar surface area (TPSA) is 87.0 Å². The summed E-state index contributed by atoms with van der Waals surface area (Å²) in [6.07, 6.45) is 4.26. The molecular weight excluding hydrogens is 196 g/mol. The largest absolute Gasteiger partial charge is 0.384 e. The second-order valence-corrected chi connectivity index (χ2v) is 3.91. The lowest BCUT2D eigenvalue weighted by atomic mass is 9.95. The van der Waals surface area contributed by atoms with E-state index in [1.807, 2.05) is 4.57 Å². The van der Waals surface area contributed by atoms with Gasteiger partial charge in [-0.1, -0.05) is 0 Å². The van der Waals surface area contributed by atoms with E-state index in [1.165, 1.54) is 0 Å². The second kappa shape index (κ2) is 3.98. The molecule has 0 bridgehead atoms. The Balaban J connectivity index is 2.18. The van der Waals surface area contributed by atoms with Gasteiger partial charge in [-0.2, -0.15) is 0 Å². The summed E-state index contributed by atoms with van der Waals surface area (Å²) in [7, 11) is 0. The molecule has 15 heavy (non-hydrogen) atoms. The van der Waals surface area contributed by atoms with Crippen molar-refractivity contribution in [2.45, 2.75) is 25.8 Å². The zero-order valence-corrected chi connectivity index (χ0v) is 8.43. The summed E-state index contributed by atoms with van der Waals surface area (Å²) in [5.41, 5.74) is 6.26. The molecule has 1 aromatic heterocycles. The van der Waals surface area contributed by atoms with Gasteiger partial charge in [0.15, 0.2) is 0 Å². The minimum Gasteiger partial charge on any atom is -0.358 e. The number of nitro groups is 1. The monoisotopic (exact) mass is 210 g/mol. The lowest BCUT2D eigenvalue weighted by Crippen LogP contribution is -2.22. The highest BCUT2D eigenvalue weighted by molar-refractivity contribution is 5.28. The first-order valence-corrected chi connectivity index (χ1v) is 5.11. The van der Waals surface area contributed by atoms with Crippen molar-refractivity contribution in [3.63, 3.8) is 0 Å². The van der Waals surface area contributed by atoms with E-state index in [0.29, 0.717) is 12.5 Å². The van der Waals surface area contributed by atoms with Crippen molar-refractivity contribution >= 4 is 5.82 Å². The number of aromatic nitrogens is 2. The molecule has 1 aliphatic rings. The fraction of sp³-hybridized carbons (Fsp3) is 0.667. The molecule has 0 spiro atoms. The Bertz CT molecular complexity index is 374. The first-order valence-electron chi connectivity index (χ1n) is 5.11. The van der Waals surface area contributed by atoms with Gasteiger partial charge >= 0.3 is 5.82 Å². The molecule has 0 aromatic carbocycles. The maximum Gasteiger partial charge on any atom is 0.384 e. The first kappa shape index (κ1) is 10.1. The van der Waals surface area contributed by atoms with Gasteiger partial charge in [-0.05, 0) is 41.6 Å². The summed E-state index contributed by atoms with van der Waals surface area (Å²) in [6.45, 7) is 1.49. The predicted octanol–water partition coefficient (Wildman–Crippen LogP) is 0.702. The highest BCUT2D eigenvalue weighted by Gasteiger charge is 2.27. The van der Waals surface area contributed by atoms with Gasteiger partial charge in [-0.15, -0.1) is 0 Å². The van der Waals surface area contributed by atoms with Crippen LogP contribution in [0.5, 0.6) is 0 Å². The molecule has 0 amide bonds. The van der Waals surface area contributed by atoms with Crippen LogP contribution in [0.15, 0.2) is 6.33 Å². The van der Waals surface area contributed by atoms with E-state index < -0.39 is 4.92 Å². The Morgan fingerprint density at radius 1 is 1.73 bits per heavy atom. The number of rotatable bonds is 3. The van der Waals surface area contributed by atoms with E-state index in [9.17, 15) is 10.1 Å². The second-order valence-electron chi connectivity index (χ2n) is 3.91. The third kappa shape index (κ3) is 1.85. The van der Waals surface area contributed by atoms with E-state index in [0.717, 1.165) is 31.5 Å². The zero-order valence-electron chi connectivity index (χ0n) is 8.43. The smallest absolute Gasteiger partial charge is 0.358 e. The summed E-state index contributed by atoms with van der Waals surface area (Å²) >= 11 is 0. The fourth-order valence-electron chi connectivity index (χ4n) is 2.14. The van der Waals surface area contributed by atoms with Crippen LogP contribution in [0.3, 0.4) is 0 Å². The first-order chi connectivity index (χ1) is 7.22. The molecule has 0 saturated heterocycles. The van der Waals surface area contributed by atoms with Crippen LogP contribution in [0.2, 0.25) is 0 Å². The molecule has 0 radical (unpaired) electrons. The van der Waals surface area contributed by atoms with Crippen LogP contribution >= 0.6 is 0 Å². The summed E-state index contributed by atoms with van der Waals surface area (Å²) in [5.74, 6) is 0.553. The number of nitrogens with zero attached hydrogens (tertiary/aromatic N) is 3. The van der Waals surface area contributed by atoms with Gasteiger partial charge in [0.05, 0.1) is 0 Å². The molecule has 1 aliphatic heterocycles. The predicted molar refractivity (Wildman–Crippen MR) is 54.4 cm³/mol. The highest BCUT2D eigenvalue weighted by atomic mass is 16.6. The van der Waals surface area contributed by atoms with Crippen molar-refractivity contribution in [1.29, 1.82) is 0 Å². The maximum atomic E-state index is 10.7. The summed E-state index contributed by atoms with van der Waals surface area (Å²) in [4.78, 5) is 14.1. The zero-order chi connectivity index (χ0) is 10.8. The molecule has 0 fully saturated rings. The van der Waals surface area contributed by atoms with Gasteiger partial charge in [0.1, 0.15) is 5.69 Å².